The Hall–Kier alpha value is -2.48. The van der Waals surface area contributed by atoms with Gasteiger partial charge in [0.2, 0.25) is 16.9 Å². The summed E-state index contributed by atoms with van der Waals surface area (Å²) < 4.78 is 4.33. The van der Waals surface area contributed by atoms with Crippen LogP contribution in [0.15, 0.2) is 30.3 Å². The second-order valence-electron chi connectivity index (χ2n) is 5.85. The van der Waals surface area contributed by atoms with E-state index in [1.54, 1.807) is 11.8 Å². The molecule has 1 N–H and O–H groups in total. The van der Waals surface area contributed by atoms with Gasteiger partial charge in [-0.25, -0.2) is 0 Å². The summed E-state index contributed by atoms with van der Waals surface area (Å²) in [5.74, 6) is 0.863. The molecule has 2 heterocycles. The minimum atomic E-state index is 0.0688. The molecule has 0 aliphatic carbocycles. The van der Waals surface area contributed by atoms with E-state index in [1.165, 1.54) is 11.5 Å². The van der Waals surface area contributed by atoms with Crippen molar-refractivity contribution in [1.29, 1.82) is 0 Å². The van der Waals surface area contributed by atoms with Crippen LogP contribution in [0.5, 0.6) is 0 Å². The average molecular weight is 359 g/mol. The van der Waals surface area contributed by atoms with E-state index < -0.39 is 0 Å². The fourth-order valence-corrected chi connectivity index (χ4v) is 3.32. The molecule has 2 amide bonds. The van der Waals surface area contributed by atoms with Crippen molar-refractivity contribution in [2.45, 2.75) is 13.3 Å². The SMILES string of the molecule is CC(=O)N1CCN(C(=O)CCNc2nc(-c3ccccc3)ns2)CC1. The Morgan fingerprint density at radius 3 is 2.48 bits per heavy atom. The number of aromatic nitrogens is 2. The van der Waals surface area contributed by atoms with E-state index >= 15 is 0 Å². The number of rotatable bonds is 5. The molecule has 25 heavy (non-hydrogen) atoms. The first-order chi connectivity index (χ1) is 12.1. The third kappa shape index (κ3) is 4.54. The largest absolute Gasteiger partial charge is 0.360 e. The van der Waals surface area contributed by atoms with E-state index in [9.17, 15) is 9.59 Å². The number of amides is 2. The van der Waals surface area contributed by atoms with E-state index in [-0.39, 0.29) is 11.8 Å². The number of carbonyl (C=O) groups excluding carboxylic acids is 2. The predicted molar refractivity (Wildman–Crippen MR) is 97.3 cm³/mol. The predicted octanol–water partition coefficient (Wildman–Crippen LogP) is 1.70. The average Bonchev–Trinajstić information content (AvgIpc) is 3.11. The molecule has 1 aliphatic rings. The summed E-state index contributed by atoms with van der Waals surface area (Å²) in [5.41, 5.74) is 0.978. The molecule has 2 aromatic rings. The van der Waals surface area contributed by atoms with Crippen LogP contribution in [-0.4, -0.2) is 63.7 Å². The smallest absolute Gasteiger partial charge is 0.224 e. The van der Waals surface area contributed by atoms with Gasteiger partial charge >= 0.3 is 0 Å². The van der Waals surface area contributed by atoms with Crippen molar-refractivity contribution in [3.05, 3.63) is 30.3 Å². The summed E-state index contributed by atoms with van der Waals surface area (Å²) in [6.07, 6.45) is 0.403. The highest BCUT2D eigenvalue weighted by molar-refractivity contribution is 7.09. The molecule has 1 aliphatic heterocycles. The van der Waals surface area contributed by atoms with Crippen molar-refractivity contribution < 1.29 is 9.59 Å². The Kier molecular flexibility index (Phi) is 5.60. The van der Waals surface area contributed by atoms with Gasteiger partial charge < -0.3 is 15.1 Å². The normalized spacial score (nSPS) is 14.4. The number of nitrogens with one attached hydrogen (secondary N) is 1. The Morgan fingerprint density at radius 2 is 1.80 bits per heavy atom. The van der Waals surface area contributed by atoms with Gasteiger partial charge in [-0.2, -0.15) is 9.36 Å². The Morgan fingerprint density at radius 1 is 1.12 bits per heavy atom. The maximum atomic E-state index is 12.2. The van der Waals surface area contributed by atoms with Crippen LogP contribution in [0.4, 0.5) is 5.13 Å². The number of carbonyl (C=O) groups is 2. The highest BCUT2D eigenvalue weighted by atomic mass is 32.1. The molecule has 8 heteroatoms. The summed E-state index contributed by atoms with van der Waals surface area (Å²) in [4.78, 5) is 31.6. The summed E-state index contributed by atoms with van der Waals surface area (Å²) in [7, 11) is 0. The van der Waals surface area contributed by atoms with Crippen LogP contribution in [-0.2, 0) is 9.59 Å². The second-order valence-corrected chi connectivity index (χ2v) is 6.60. The third-order valence-electron chi connectivity index (χ3n) is 4.15. The van der Waals surface area contributed by atoms with Crippen molar-refractivity contribution in [2.24, 2.45) is 0 Å². The molecule has 0 atom stereocenters. The topological polar surface area (TPSA) is 78.4 Å². The first kappa shape index (κ1) is 17.3. The van der Waals surface area contributed by atoms with Gasteiger partial charge in [0.15, 0.2) is 5.82 Å². The van der Waals surface area contributed by atoms with Gasteiger partial charge in [-0.05, 0) is 0 Å². The van der Waals surface area contributed by atoms with Gasteiger partial charge in [-0.1, -0.05) is 30.3 Å². The number of hydrogen-bond acceptors (Lipinski definition) is 6. The van der Waals surface area contributed by atoms with Crippen molar-refractivity contribution in [2.75, 3.05) is 38.0 Å². The number of piperazine rings is 1. The van der Waals surface area contributed by atoms with E-state index in [0.29, 0.717) is 50.1 Å². The summed E-state index contributed by atoms with van der Waals surface area (Å²) in [5, 5.41) is 3.88. The number of hydrogen-bond donors (Lipinski definition) is 1. The number of nitrogens with zero attached hydrogens (tertiary/aromatic N) is 4. The second kappa shape index (κ2) is 8.06. The maximum absolute atomic E-state index is 12.2. The van der Waals surface area contributed by atoms with Crippen LogP contribution in [0.25, 0.3) is 11.4 Å². The van der Waals surface area contributed by atoms with Crippen molar-refractivity contribution in [3.8, 4) is 11.4 Å². The Bertz CT molecular complexity index is 726. The van der Waals surface area contributed by atoms with E-state index in [4.69, 9.17) is 0 Å². The number of anilines is 1. The quantitative estimate of drug-likeness (QED) is 0.879. The lowest BCUT2D eigenvalue weighted by atomic mass is 10.2. The van der Waals surface area contributed by atoms with Gasteiger partial charge in [0.25, 0.3) is 0 Å². The zero-order chi connectivity index (χ0) is 17.6. The van der Waals surface area contributed by atoms with Crippen LogP contribution in [0.2, 0.25) is 0 Å². The highest BCUT2D eigenvalue weighted by Crippen LogP contribution is 2.20. The van der Waals surface area contributed by atoms with Crippen molar-refractivity contribution in [3.63, 3.8) is 0 Å². The van der Waals surface area contributed by atoms with E-state index in [0.717, 1.165) is 5.56 Å². The third-order valence-corrected chi connectivity index (χ3v) is 4.82. The first-order valence-corrected chi connectivity index (χ1v) is 9.07. The Labute approximate surface area is 150 Å². The molecule has 0 spiro atoms. The molecule has 0 unspecified atom stereocenters. The molecule has 0 saturated carbocycles. The Balaban J connectivity index is 1.43. The summed E-state index contributed by atoms with van der Waals surface area (Å²) in [6.45, 7) is 4.53. The molecular weight excluding hydrogens is 338 g/mol. The highest BCUT2D eigenvalue weighted by Gasteiger charge is 2.21. The van der Waals surface area contributed by atoms with Crippen molar-refractivity contribution in [1.82, 2.24) is 19.2 Å². The lowest BCUT2D eigenvalue weighted by molar-refractivity contribution is -0.138. The molecule has 0 bridgehead atoms. The molecule has 1 aromatic carbocycles. The molecule has 1 saturated heterocycles. The van der Waals surface area contributed by atoms with Gasteiger partial charge in [0, 0.05) is 63.2 Å². The molecule has 1 fully saturated rings. The van der Waals surface area contributed by atoms with Gasteiger partial charge in [0.05, 0.1) is 0 Å². The summed E-state index contributed by atoms with van der Waals surface area (Å²) in [6, 6.07) is 9.80. The fraction of sp³-hybridized carbons (Fsp3) is 0.412. The van der Waals surface area contributed by atoms with Gasteiger partial charge in [-0.15, -0.1) is 0 Å². The minimum Gasteiger partial charge on any atom is -0.360 e. The van der Waals surface area contributed by atoms with E-state index in [2.05, 4.69) is 14.7 Å². The summed E-state index contributed by atoms with van der Waals surface area (Å²) >= 11 is 1.29. The monoisotopic (exact) mass is 359 g/mol. The molecule has 0 radical (unpaired) electrons. The maximum Gasteiger partial charge on any atom is 0.224 e. The van der Waals surface area contributed by atoms with Crippen LogP contribution in [0, 0.1) is 0 Å². The fourth-order valence-electron chi connectivity index (χ4n) is 2.70. The van der Waals surface area contributed by atoms with Crippen LogP contribution in [0.3, 0.4) is 0 Å². The molecule has 132 valence electrons. The van der Waals surface area contributed by atoms with Crippen LogP contribution < -0.4 is 5.32 Å². The zero-order valence-corrected chi connectivity index (χ0v) is 15.0. The molecular formula is C17H21N5O2S. The standard InChI is InChI=1S/C17H21N5O2S/c1-13(23)21-9-11-22(12-10-21)15(24)7-8-18-17-19-16(20-25-17)14-5-3-2-4-6-14/h2-6H,7-12H2,1H3,(H,18,19,20). The lowest BCUT2D eigenvalue weighted by Gasteiger charge is -2.34. The van der Waals surface area contributed by atoms with Crippen LogP contribution >= 0.6 is 11.5 Å². The van der Waals surface area contributed by atoms with E-state index in [1.807, 2.05) is 35.2 Å². The van der Waals surface area contributed by atoms with Gasteiger partial charge in [0.1, 0.15) is 0 Å². The number of benzene rings is 1. The van der Waals surface area contributed by atoms with Crippen LogP contribution in [0.1, 0.15) is 13.3 Å². The lowest BCUT2D eigenvalue weighted by Crippen LogP contribution is -2.50. The minimum absolute atomic E-state index is 0.0688. The van der Waals surface area contributed by atoms with Crippen molar-refractivity contribution >= 4 is 28.5 Å². The van der Waals surface area contributed by atoms with Gasteiger partial charge in [-0.3, -0.25) is 9.59 Å². The molecule has 1 aromatic heterocycles. The first-order valence-electron chi connectivity index (χ1n) is 8.30. The molecule has 7 nitrogen and oxygen atoms in total. The molecule has 3 rings (SSSR count). The zero-order valence-electron chi connectivity index (χ0n) is 14.1.